The predicted molar refractivity (Wildman–Crippen MR) is 137 cm³/mol. The van der Waals surface area contributed by atoms with Crippen molar-refractivity contribution >= 4 is 10.1 Å². The first-order valence-electron chi connectivity index (χ1n) is 12.1. The van der Waals surface area contributed by atoms with Gasteiger partial charge in [-0.2, -0.15) is 8.42 Å². The van der Waals surface area contributed by atoms with Crippen LogP contribution in [-0.4, -0.2) is 25.2 Å². The summed E-state index contributed by atoms with van der Waals surface area (Å²) in [5, 5.41) is 11.2. The highest BCUT2D eigenvalue weighted by atomic mass is 32.2. The van der Waals surface area contributed by atoms with Crippen molar-refractivity contribution in [1.29, 1.82) is 0 Å². The minimum Gasteiger partial charge on any atom is -0.507 e. The molecule has 1 rings (SSSR count). The van der Waals surface area contributed by atoms with Crippen molar-refractivity contribution in [3.05, 3.63) is 16.7 Å². The van der Waals surface area contributed by atoms with Crippen LogP contribution < -0.4 is 4.74 Å². The van der Waals surface area contributed by atoms with Crippen molar-refractivity contribution in [1.82, 2.24) is 0 Å². The summed E-state index contributed by atoms with van der Waals surface area (Å²) in [5.74, 6) is 0.249. The van der Waals surface area contributed by atoms with Gasteiger partial charge in [0.1, 0.15) is 16.4 Å². The van der Waals surface area contributed by atoms with Crippen LogP contribution >= 0.6 is 0 Å². The van der Waals surface area contributed by atoms with Gasteiger partial charge in [0.05, 0.1) is 7.11 Å². The number of rotatable bonds is 10. The SMILES string of the molecule is CCCc1c(O)c(C)c(C(C(C)(C)CC(C)C)C(C)(C)CC(C)(C)C)c(S(=O)(=O)O)c1OC. The number of benzene rings is 1. The van der Waals surface area contributed by atoms with Gasteiger partial charge in [0.2, 0.25) is 0 Å². The topological polar surface area (TPSA) is 83.8 Å². The lowest BCUT2D eigenvalue weighted by Crippen LogP contribution is -2.39. The first-order chi connectivity index (χ1) is 14.7. The molecule has 0 amide bonds. The average molecular weight is 485 g/mol. The fraction of sp³-hybridized carbons (Fsp3) is 0.778. The summed E-state index contributed by atoms with van der Waals surface area (Å²) >= 11 is 0. The molecule has 0 bridgehead atoms. The van der Waals surface area contributed by atoms with Crippen molar-refractivity contribution < 1.29 is 22.8 Å². The molecule has 5 nitrogen and oxygen atoms in total. The minimum absolute atomic E-state index is 0.00387. The monoisotopic (exact) mass is 484 g/mol. The number of methoxy groups -OCH3 is 1. The Labute approximate surface area is 203 Å². The summed E-state index contributed by atoms with van der Waals surface area (Å²) < 4.78 is 41.9. The largest absolute Gasteiger partial charge is 0.507 e. The van der Waals surface area contributed by atoms with Crippen LogP contribution in [0.2, 0.25) is 0 Å². The maximum absolute atomic E-state index is 12.9. The van der Waals surface area contributed by atoms with Crippen LogP contribution in [0.25, 0.3) is 0 Å². The summed E-state index contributed by atoms with van der Waals surface area (Å²) in [6.07, 6.45) is 2.83. The standard InChI is InChI=1S/C27H48O5S/c1-13-14-19-21(28)18(4)20(23(22(19)32-12)33(29,30)31)24(26(8,9)15-17(2)3)27(10,11)16-25(5,6)7/h17,24,28H,13-16H2,1-12H3,(H,29,30,31). The zero-order chi connectivity index (χ0) is 26.2. The fourth-order valence-corrected chi connectivity index (χ4v) is 7.66. The van der Waals surface area contributed by atoms with E-state index in [2.05, 4.69) is 62.3 Å². The molecule has 0 heterocycles. The Balaban J connectivity index is 4.28. The summed E-state index contributed by atoms with van der Waals surface area (Å²) in [5.41, 5.74) is 0.752. The quantitative estimate of drug-likeness (QED) is 0.335. The molecule has 1 aromatic rings. The average Bonchev–Trinajstić information content (AvgIpc) is 2.56. The molecule has 6 heteroatoms. The first kappa shape index (κ1) is 29.8. The number of hydrogen-bond donors (Lipinski definition) is 2. The molecule has 33 heavy (non-hydrogen) atoms. The van der Waals surface area contributed by atoms with Gasteiger partial charge in [-0.05, 0) is 65.4 Å². The number of phenols is 1. The van der Waals surface area contributed by atoms with E-state index in [0.29, 0.717) is 35.4 Å². The first-order valence-corrected chi connectivity index (χ1v) is 13.5. The second kappa shape index (κ2) is 10.2. The molecule has 2 N–H and O–H groups in total. The van der Waals surface area contributed by atoms with Gasteiger partial charge in [-0.1, -0.05) is 75.7 Å². The van der Waals surface area contributed by atoms with Crippen molar-refractivity contribution in [2.45, 2.75) is 113 Å². The van der Waals surface area contributed by atoms with Crippen LogP contribution in [0.4, 0.5) is 0 Å². The van der Waals surface area contributed by atoms with Crippen molar-refractivity contribution in [3.8, 4) is 11.5 Å². The maximum Gasteiger partial charge on any atom is 0.298 e. The molecule has 0 aliphatic heterocycles. The van der Waals surface area contributed by atoms with Crippen LogP contribution in [0.1, 0.15) is 111 Å². The van der Waals surface area contributed by atoms with Crippen molar-refractivity contribution in [3.63, 3.8) is 0 Å². The minimum atomic E-state index is -4.63. The van der Waals surface area contributed by atoms with Gasteiger partial charge >= 0.3 is 0 Å². The smallest absolute Gasteiger partial charge is 0.298 e. The highest BCUT2D eigenvalue weighted by Crippen LogP contribution is 2.58. The fourth-order valence-electron chi connectivity index (χ4n) is 6.67. The van der Waals surface area contributed by atoms with E-state index in [1.807, 2.05) is 6.92 Å². The number of ether oxygens (including phenoxy) is 1. The lowest BCUT2D eigenvalue weighted by Gasteiger charge is -2.49. The van der Waals surface area contributed by atoms with Gasteiger partial charge in [-0.25, -0.2) is 0 Å². The number of hydrogen-bond acceptors (Lipinski definition) is 4. The van der Waals surface area contributed by atoms with E-state index in [1.165, 1.54) is 7.11 Å². The van der Waals surface area contributed by atoms with E-state index < -0.39 is 10.1 Å². The maximum atomic E-state index is 12.9. The van der Waals surface area contributed by atoms with Crippen LogP contribution in [0.15, 0.2) is 4.90 Å². The summed E-state index contributed by atoms with van der Waals surface area (Å²) in [6, 6.07) is 0. The molecule has 0 saturated carbocycles. The molecule has 1 aromatic carbocycles. The highest BCUT2D eigenvalue weighted by Gasteiger charge is 2.47. The Kier molecular flexibility index (Phi) is 9.15. The Morgan fingerprint density at radius 3 is 1.88 bits per heavy atom. The van der Waals surface area contributed by atoms with Crippen molar-refractivity contribution in [2.75, 3.05) is 7.11 Å². The molecule has 0 radical (unpaired) electrons. The van der Waals surface area contributed by atoms with E-state index in [-0.39, 0.29) is 38.6 Å². The third-order valence-electron chi connectivity index (χ3n) is 6.50. The van der Waals surface area contributed by atoms with Crippen LogP contribution in [-0.2, 0) is 16.5 Å². The van der Waals surface area contributed by atoms with Gasteiger partial charge in [0.25, 0.3) is 10.1 Å². The second-order valence-electron chi connectivity index (χ2n) is 12.7. The van der Waals surface area contributed by atoms with E-state index in [9.17, 15) is 18.1 Å². The zero-order valence-corrected chi connectivity index (χ0v) is 23.8. The second-order valence-corrected chi connectivity index (χ2v) is 14.1. The normalized spacial score (nSPS) is 14.6. The Bertz CT molecular complexity index is 934. The zero-order valence-electron chi connectivity index (χ0n) is 23.0. The molecule has 0 fully saturated rings. The van der Waals surface area contributed by atoms with Gasteiger partial charge in [-0.15, -0.1) is 0 Å². The Morgan fingerprint density at radius 1 is 1.00 bits per heavy atom. The van der Waals surface area contributed by atoms with Gasteiger partial charge in [0, 0.05) is 5.56 Å². The molecular formula is C27H48O5S. The lowest BCUT2D eigenvalue weighted by atomic mass is 9.56. The predicted octanol–water partition coefficient (Wildman–Crippen LogP) is 7.53. The van der Waals surface area contributed by atoms with E-state index in [4.69, 9.17) is 4.74 Å². The summed E-state index contributed by atoms with van der Waals surface area (Å²) in [6.45, 7) is 23.3. The van der Waals surface area contributed by atoms with Crippen LogP contribution in [0.3, 0.4) is 0 Å². The van der Waals surface area contributed by atoms with E-state index in [1.54, 1.807) is 6.92 Å². The molecule has 0 aromatic heterocycles. The molecule has 192 valence electrons. The molecule has 0 aliphatic carbocycles. The Morgan fingerprint density at radius 2 is 1.52 bits per heavy atom. The van der Waals surface area contributed by atoms with Gasteiger partial charge in [-0.3, -0.25) is 4.55 Å². The third-order valence-corrected chi connectivity index (χ3v) is 7.43. The van der Waals surface area contributed by atoms with Crippen LogP contribution in [0, 0.1) is 29.1 Å². The van der Waals surface area contributed by atoms with Gasteiger partial charge in [0.15, 0.2) is 0 Å². The number of phenolic OH excluding ortho intramolecular Hbond substituents is 1. The third kappa shape index (κ3) is 6.88. The summed E-state index contributed by atoms with van der Waals surface area (Å²) in [4.78, 5) is -0.187. The molecule has 1 unspecified atom stereocenters. The van der Waals surface area contributed by atoms with E-state index >= 15 is 0 Å². The molecule has 1 atom stereocenters. The molecule has 0 spiro atoms. The highest BCUT2D eigenvalue weighted by molar-refractivity contribution is 7.86. The molecule has 0 aliphatic rings. The molecular weight excluding hydrogens is 436 g/mol. The lowest BCUT2D eigenvalue weighted by molar-refractivity contribution is 0.0764. The van der Waals surface area contributed by atoms with Crippen molar-refractivity contribution in [2.24, 2.45) is 22.2 Å². The Hall–Kier alpha value is -1.27. The number of aromatic hydroxyl groups is 1. The van der Waals surface area contributed by atoms with Gasteiger partial charge < -0.3 is 9.84 Å². The summed E-state index contributed by atoms with van der Waals surface area (Å²) in [7, 11) is -3.23. The molecule has 0 saturated heterocycles. The van der Waals surface area contributed by atoms with E-state index in [0.717, 1.165) is 12.8 Å². The van der Waals surface area contributed by atoms with Crippen LogP contribution in [0.5, 0.6) is 11.5 Å².